The van der Waals surface area contributed by atoms with E-state index in [1.54, 1.807) is 29.3 Å². The molecule has 2 aromatic carbocycles. The third-order valence-electron chi connectivity index (χ3n) is 4.08. The van der Waals surface area contributed by atoms with Crippen molar-refractivity contribution in [2.45, 2.75) is 11.3 Å². The number of hydrogen-bond acceptors (Lipinski definition) is 7. The Bertz CT molecular complexity index is 1070. The fourth-order valence-corrected chi connectivity index (χ4v) is 5.25. The molecule has 0 unspecified atom stereocenters. The fraction of sp³-hybridized carbons (Fsp3) is 0.235. The summed E-state index contributed by atoms with van der Waals surface area (Å²) in [6.45, 7) is 0.651. The van der Waals surface area contributed by atoms with E-state index in [2.05, 4.69) is 5.10 Å². The van der Waals surface area contributed by atoms with Gasteiger partial charge in [0.15, 0.2) is 9.84 Å². The van der Waals surface area contributed by atoms with Crippen LogP contribution in [0, 0.1) is 0 Å². The second-order valence-electron chi connectivity index (χ2n) is 6.00. The Kier molecular flexibility index (Phi) is 7.71. The average Bonchev–Trinajstić information content (AvgIpc) is 3.10. The third-order valence-corrected chi connectivity index (χ3v) is 7.02. The Balaban J connectivity index is 0.00000280. The molecule has 1 heterocycles. The Morgan fingerprint density at radius 1 is 0.964 bits per heavy atom. The van der Waals surface area contributed by atoms with E-state index in [0.717, 1.165) is 17.7 Å². The van der Waals surface area contributed by atoms with Gasteiger partial charge in [-0.2, -0.15) is 5.10 Å². The molecule has 0 saturated heterocycles. The van der Waals surface area contributed by atoms with Crippen LogP contribution < -0.4 is 34.6 Å². The van der Waals surface area contributed by atoms with E-state index in [9.17, 15) is 21.4 Å². The maximum Gasteiger partial charge on any atom is 1.00 e. The minimum atomic E-state index is -4.59. The van der Waals surface area contributed by atoms with Crippen LogP contribution in [0.25, 0.3) is 0 Å². The summed E-state index contributed by atoms with van der Waals surface area (Å²) in [7, 11) is -8.42. The molecule has 0 aromatic heterocycles. The number of hydrogen-bond donors (Lipinski definition) is 0. The monoisotopic (exact) mass is 450 g/mol. The summed E-state index contributed by atoms with van der Waals surface area (Å²) >= 11 is 5.89. The van der Waals surface area contributed by atoms with Crippen molar-refractivity contribution in [3.63, 3.8) is 0 Å². The van der Waals surface area contributed by atoms with Crippen molar-refractivity contribution in [3.05, 3.63) is 59.1 Å². The van der Waals surface area contributed by atoms with Gasteiger partial charge in [0, 0.05) is 18.0 Å². The minimum Gasteiger partial charge on any atom is -0.748 e. The minimum absolute atomic E-state index is 0. The number of rotatable bonds is 6. The van der Waals surface area contributed by atoms with Crippen LogP contribution in [0.15, 0.2) is 58.5 Å². The van der Waals surface area contributed by atoms with Crippen molar-refractivity contribution < 1.29 is 50.9 Å². The van der Waals surface area contributed by atoms with Crippen molar-refractivity contribution in [3.8, 4) is 0 Å². The van der Waals surface area contributed by atoms with Gasteiger partial charge in [0.25, 0.3) is 0 Å². The maximum atomic E-state index is 12.1. The predicted molar refractivity (Wildman–Crippen MR) is 103 cm³/mol. The summed E-state index contributed by atoms with van der Waals surface area (Å²) in [5.74, 6) is -1.68. The number of hydrazone groups is 1. The Morgan fingerprint density at radius 2 is 1.57 bits per heavy atom. The summed E-state index contributed by atoms with van der Waals surface area (Å²) in [5.41, 5.74) is 2.60. The molecule has 2 aromatic rings. The number of benzene rings is 2. The predicted octanol–water partition coefficient (Wildman–Crippen LogP) is -0.723. The summed E-state index contributed by atoms with van der Waals surface area (Å²) < 4.78 is 56.2. The normalized spacial score (nSPS) is 14.5. The molecule has 0 aliphatic carbocycles. The van der Waals surface area contributed by atoms with Gasteiger partial charge >= 0.3 is 29.6 Å². The van der Waals surface area contributed by atoms with Crippen molar-refractivity contribution in [1.82, 2.24) is 0 Å². The molecular formula is C17H16ClN2NaO5S2. The molecule has 0 amide bonds. The molecule has 28 heavy (non-hydrogen) atoms. The Labute approximate surface area is 191 Å². The summed E-state index contributed by atoms with van der Waals surface area (Å²) in [4.78, 5) is -0.0315. The van der Waals surface area contributed by atoms with Gasteiger partial charge in [-0.1, -0.05) is 23.7 Å². The van der Waals surface area contributed by atoms with E-state index in [4.69, 9.17) is 11.6 Å². The zero-order chi connectivity index (χ0) is 19.7. The van der Waals surface area contributed by atoms with E-state index in [0.29, 0.717) is 17.3 Å². The Hall–Kier alpha value is -0.940. The van der Waals surface area contributed by atoms with Gasteiger partial charge < -0.3 is 4.55 Å². The third kappa shape index (κ3) is 6.03. The molecule has 0 saturated carbocycles. The summed E-state index contributed by atoms with van der Waals surface area (Å²) in [5, 5.41) is 6.97. The molecule has 11 heteroatoms. The molecule has 0 bridgehead atoms. The second-order valence-corrected chi connectivity index (χ2v) is 10.1. The van der Waals surface area contributed by atoms with E-state index < -0.39 is 31.5 Å². The molecule has 0 radical (unpaired) electrons. The number of sulfone groups is 1. The summed E-state index contributed by atoms with van der Waals surface area (Å²) in [6.07, 6.45) is 0.739. The molecule has 7 nitrogen and oxygen atoms in total. The van der Waals surface area contributed by atoms with Gasteiger partial charge in [-0.05, 0) is 42.0 Å². The zero-order valence-corrected chi connectivity index (χ0v) is 19.5. The first kappa shape index (κ1) is 23.3. The van der Waals surface area contributed by atoms with Crippen LogP contribution in [0.3, 0.4) is 0 Å². The van der Waals surface area contributed by atoms with Crippen LogP contribution in [0.4, 0.5) is 5.69 Å². The van der Waals surface area contributed by atoms with Crippen LogP contribution in [-0.4, -0.2) is 45.2 Å². The smallest absolute Gasteiger partial charge is 0.748 e. The van der Waals surface area contributed by atoms with Gasteiger partial charge in [-0.3, -0.25) is 5.01 Å². The number of nitrogens with zero attached hydrogens (tertiary/aromatic N) is 2. The van der Waals surface area contributed by atoms with Crippen molar-refractivity contribution in [1.29, 1.82) is 0 Å². The number of anilines is 1. The Morgan fingerprint density at radius 3 is 2.14 bits per heavy atom. The van der Waals surface area contributed by atoms with E-state index >= 15 is 0 Å². The molecule has 1 aliphatic rings. The first-order valence-electron chi connectivity index (χ1n) is 8.01. The number of halogens is 1. The SMILES string of the molecule is O=S(=O)([O-])CCS(=O)(=O)c1ccc(N2CCC(c3ccc(Cl)cc3)=N2)cc1.[Na+]. The molecule has 0 atom stereocenters. The van der Waals surface area contributed by atoms with E-state index in [-0.39, 0.29) is 34.5 Å². The molecule has 3 rings (SSSR count). The van der Waals surface area contributed by atoms with Crippen LogP contribution in [0.5, 0.6) is 0 Å². The topological polar surface area (TPSA) is 107 Å². The largest absolute Gasteiger partial charge is 1.00 e. The zero-order valence-electron chi connectivity index (χ0n) is 15.1. The summed E-state index contributed by atoms with van der Waals surface area (Å²) in [6, 6.07) is 13.4. The van der Waals surface area contributed by atoms with Crippen molar-refractivity contribution in [2.24, 2.45) is 5.10 Å². The van der Waals surface area contributed by atoms with Crippen LogP contribution in [-0.2, 0) is 20.0 Å². The second kappa shape index (κ2) is 9.25. The van der Waals surface area contributed by atoms with Gasteiger partial charge in [0.05, 0.1) is 37.9 Å². The average molecular weight is 451 g/mol. The molecule has 1 aliphatic heterocycles. The van der Waals surface area contributed by atoms with Gasteiger partial charge in [0.2, 0.25) is 0 Å². The molecule has 144 valence electrons. The first-order chi connectivity index (χ1) is 12.6. The standard InChI is InChI=1S/C17H17ClN2O5S2.Na/c18-14-3-1-13(2-4-14)17-9-10-20(19-17)15-5-7-16(8-6-15)26(21,22)11-12-27(23,24)25;/h1-8H,9-12H2,(H,23,24,25);/q;+1/p-1. The molecule has 0 N–H and O–H groups in total. The van der Waals surface area contributed by atoms with E-state index in [1.807, 2.05) is 12.1 Å². The van der Waals surface area contributed by atoms with Crippen LogP contribution in [0.1, 0.15) is 12.0 Å². The fourth-order valence-electron chi connectivity index (χ4n) is 2.64. The quantitative estimate of drug-likeness (QED) is 0.424. The molecule has 0 fully saturated rings. The van der Waals surface area contributed by atoms with Crippen molar-refractivity contribution in [2.75, 3.05) is 23.1 Å². The van der Waals surface area contributed by atoms with Gasteiger partial charge in [-0.15, -0.1) is 0 Å². The van der Waals surface area contributed by atoms with Crippen LogP contribution >= 0.6 is 11.6 Å². The van der Waals surface area contributed by atoms with Gasteiger partial charge in [0.1, 0.15) is 0 Å². The van der Waals surface area contributed by atoms with Crippen molar-refractivity contribution >= 4 is 43.0 Å². The van der Waals surface area contributed by atoms with Gasteiger partial charge in [-0.25, -0.2) is 16.8 Å². The maximum absolute atomic E-state index is 12.1. The van der Waals surface area contributed by atoms with Crippen LogP contribution in [0.2, 0.25) is 5.02 Å². The molecule has 0 spiro atoms. The van der Waals surface area contributed by atoms with E-state index in [1.165, 1.54) is 12.1 Å². The molecular weight excluding hydrogens is 435 g/mol. The first-order valence-corrected chi connectivity index (χ1v) is 11.6.